The summed E-state index contributed by atoms with van der Waals surface area (Å²) >= 11 is 0. The van der Waals surface area contributed by atoms with Crippen LogP contribution in [0.2, 0.25) is 0 Å². The van der Waals surface area contributed by atoms with Crippen molar-refractivity contribution in [1.29, 1.82) is 0 Å². The quantitative estimate of drug-likeness (QED) is 0.640. The molecule has 0 saturated heterocycles. The van der Waals surface area contributed by atoms with Crippen molar-refractivity contribution in [2.45, 2.75) is 32.6 Å². The lowest BCUT2D eigenvalue weighted by Crippen LogP contribution is -2.12. The molecule has 1 fully saturated rings. The molecular weight excluding hydrogens is 216 g/mol. The minimum Gasteiger partial charge on any atom is -0.379 e. The number of nitro groups is 1. The van der Waals surface area contributed by atoms with Crippen LogP contribution in [0, 0.1) is 23.0 Å². The summed E-state index contributed by atoms with van der Waals surface area (Å²) in [5.74, 6) is 0.677. The predicted molar refractivity (Wildman–Crippen MR) is 68.3 cm³/mol. The van der Waals surface area contributed by atoms with Gasteiger partial charge in [0, 0.05) is 12.6 Å². The van der Waals surface area contributed by atoms with Crippen LogP contribution in [-0.4, -0.2) is 11.5 Å². The Morgan fingerprint density at radius 3 is 2.76 bits per heavy atom. The third kappa shape index (κ3) is 2.96. The van der Waals surface area contributed by atoms with Gasteiger partial charge in [0.2, 0.25) is 0 Å². The Labute approximate surface area is 101 Å². The highest BCUT2D eigenvalue weighted by Crippen LogP contribution is 2.28. The fourth-order valence-electron chi connectivity index (χ4n) is 2.41. The maximum Gasteiger partial charge on any atom is 0.292 e. The zero-order chi connectivity index (χ0) is 12.3. The van der Waals surface area contributed by atoms with Gasteiger partial charge in [0.15, 0.2) is 0 Å². The topological polar surface area (TPSA) is 55.2 Å². The molecule has 0 spiro atoms. The fraction of sp³-hybridized carbons (Fsp3) is 0.538. The van der Waals surface area contributed by atoms with Gasteiger partial charge in [-0.25, -0.2) is 0 Å². The van der Waals surface area contributed by atoms with Crippen molar-refractivity contribution in [3.8, 4) is 0 Å². The average Bonchev–Trinajstić information content (AvgIpc) is 2.80. The second-order valence-corrected chi connectivity index (χ2v) is 4.81. The van der Waals surface area contributed by atoms with Gasteiger partial charge in [-0.15, -0.1) is 0 Å². The van der Waals surface area contributed by atoms with Gasteiger partial charge in [-0.05, 0) is 37.3 Å². The number of nitrogens with one attached hydrogen (secondary N) is 1. The Balaban J connectivity index is 2.06. The molecule has 0 aliphatic heterocycles. The van der Waals surface area contributed by atoms with Gasteiger partial charge >= 0.3 is 0 Å². The maximum atomic E-state index is 10.9. The molecule has 1 aromatic carbocycles. The maximum absolute atomic E-state index is 10.9. The van der Waals surface area contributed by atoms with E-state index in [1.165, 1.54) is 25.7 Å². The van der Waals surface area contributed by atoms with Crippen LogP contribution in [0.4, 0.5) is 11.4 Å². The summed E-state index contributed by atoms with van der Waals surface area (Å²) in [4.78, 5) is 10.6. The van der Waals surface area contributed by atoms with E-state index in [4.69, 9.17) is 0 Å². The van der Waals surface area contributed by atoms with Crippen LogP contribution < -0.4 is 5.32 Å². The zero-order valence-electron chi connectivity index (χ0n) is 10.1. The van der Waals surface area contributed by atoms with Gasteiger partial charge in [-0.2, -0.15) is 0 Å². The van der Waals surface area contributed by atoms with Crippen LogP contribution in [0.3, 0.4) is 0 Å². The standard InChI is InChI=1S/C13H18N2O2/c1-10-6-7-12(13(8-10)15(16)17)14-9-11-4-2-3-5-11/h6-8,11,14H,2-5,9H2,1H3. The van der Waals surface area contributed by atoms with Crippen molar-refractivity contribution in [2.24, 2.45) is 5.92 Å². The summed E-state index contributed by atoms with van der Waals surface area (Å²) in [5.41, 5.74) is 1.75. The molecular formula is C13H18N2O2. The SMILES string of the molecule is Cc1ccc(NCC2CCCC2)c([N+](=O)[O-])c1. The molecule has 1 aromatic rings. The Bertz CT molecular complexity index is 412. The first kappa shape index (κ1) is 11.9. The third-order valence-corrected chi connectivity index (χ3v) is 3.41. The molecule has 17 heavy (non-hydrogen) atoms. The second-order valence-electron chi connectivity index (χ2n) is 4.81. The average molecular weight is 234 g/mol. The molecule has 1 saturated carbocycles. The van der Waals surface area contributed by atoms with Crippen molar-refractivity contribution < 1.29 is 4.92 Å². The fourth-order valence-corrected chi connectivity index (χ4v) is 2.41. The van der Waals surface area contributed by atoms with Crippen LogP contribution in [-0.2, 0) is 0 Å². The molecule has 0 bridgehead atoms. The van der Waals surface area contributed by atoms with Crippen LogP contribution in [0.15, 0.2) is 18.2 Å². The Hall–Kier alpha value is -1.58. The number of rotatable bonds is 4. The van der Waals surface area contributed by atoms with E-state index in [1.54, 1.807) is 6.07 Å². The van der Waals surface area contributed by atoms with E-state index in [9.17, 15) is 10.1 Å². The third-order valence-electron chi connectivity index (χ3n) is 3.41. The van der Waals surface area contributed by atoms with Crippen molar-refractivity contribution in [2.75, 3.05) is 11.9 Å². The lowest BCUT2D eigenvalue weighted by atomic mass is 10.1. The van der Waals surface area contributed by atoms with Gasteiger partial charge in [0.05, 0.1) is 4.92 Å². The molecule has 0 aromatic heterocycles. The summed E-state index contributed by atoms with van der Waals surface area (Å²) in [6.07, 6.45) is 5.07. The molecule has 4 nitrogen and oxygen atoms in total. The summed E-state index contributed by atoms with van der Waals surface area (Å²) in [6.45, 7) is 2.72. The molecule has 0 heterocycles. The largest absolute Gasteiger partial charge is 0.379 e. The molecule has 1 aliphatic carbocycles. The highest BCUT2D eigenvalue weighted by Gasteiger charge is 2.17. The molecule has 0 amide bonds. The first-order valence-corrected chi connectivity index (χ1v) is 6.16. The number of anilines is 1. The van der Waals surface area contributed by atoms with Gasteiger partial charge in [-0.3, -0.25) is 10.1 Å². The smallest absolute Gasteiger partial charge is 0.292 e. The summed E-state index contributed by atoms with van der Waals surface area (Å²) in [7, 11) is 0. The van der Waals surface area contributed by atoms with Crippen molar-refractivity contribution >= 4 is 11.4 Å². The molecule has 92 valence electrons. The van der Waals surface area contributed by atoms with Crippen LogP contribution >= 0.6 is 0 Å². The molecule has 4 heteroatoms. The Morgan fingerprint density at radius 1 is 1.41 bits per heavy atom. The minimum atomic E-state index is -0.315. The van der Waals surface area contributed by atoms with Gasteiger partial charge in [-0.1, -0.05) is 18.9 Å². The number of hydrogen-bond donors (Lipinski definition) is 1. The highest BCUT2D eigenvalue weighted by molar-refractivity contribution is 5.62. The van der Waals surface area contributed by atoms with Crippen LogP contribution in [0.1, 0.15) is 31.2 Å². The molecule has 2 rings (SSSR count). The van der Waals surface area contributed by atoms with E-state index >= 15 is 0 Å². The number of benzene rings is 1. The Kier molecular flexibility index (Phi) is 3.61. The summed E-state index contributed by atoms with van der Waals surface area (Å²) in [6, 6.07) is 5.34. The Morgan fingerprint density at radius 2 is 2.12 bits per heavy atom. The highest BCUT2D eigenvalue weighted by atomic mass is 16.6. The lowest BCUT2D eigenvalue weighted by molar-refractivity contribution is -0.384. The van der Waals surface area contributed by atoms with Crippen molar-refractivity contribution in [1.82, 2.24) is 0 Å². The zero-order valence-corrected chi connectivity index (χ0v) is 10.1. The number of nitrogens with zero attached hydrogens (tertiary/aromatic N) is 1. The van der Waals surface area contributed by atoms with E-state index < -0.39 is 0 Å². The number of nitro benzene ring substituents is 1. The van der Waals surface area contributed by atoms with Crippen molar-refractivity contribution in [3.05, 3.63) is 33.9 Å². The van der Waals surface area contributed by atoms with Gasteiger partial charge in [0.25, 0.3) is 5.69 Å². The van der Waals surface area contributed by atoms with Crippen molar-refractivity contribution in [3.63, 3.8) is 0 Å². The van der Waals surface area contributed by atoms with E-state index in [0.29, 0.717) is 11.6 Å². The molecule has 0 radical (unpaired) electrons. The second kappa shape index (κ2) is 5.17. The van der Waals surface area contributed by atoms with E-state index in [0.717, 1.165) is 12.1 Å². The summed E-state index contributed by atoms with van der Waals surface area (Å²) < 4.78 is 0. The lowest BCUT2D eigenvalue weighted by Gasteiger charge is -2.12. The van der Waals surface area contributed by atoms with E-state index in [1.807, 2.05) is 19.1 Å². The van der Waals surface area contributed by atoms with Crippen LogP contribution in [0.5, 0.6) is 0 Å². The summed E-state index contributed by atoms with van der Waals surface area (Å²) in [5, 5.41) is 14.2. The first-order chi connectivity index (χ1) is 8.16. The minimum absolute atomic E-state index is 0.183. The molecule has 0 atom stereocenters. The molecule has 0 unspecified atom stereocenters. The van der Waals surface area contributed by atoms with Gasteiger partial charge < -0.3 is 5.32 Å². The monoisotopic (exact) mass is 234 g/mol. The van der Waals surface area contributed by atoms with E-state index in [2.05, 4.69) is 5.32 Å². The predicted octanol–water partition coefficient (Wildman–Crippen LogP) is 3.51. The number of aryl methyl sites for hydroxylation is 1. The number of hydrogen-bond acceptors (Lipinski definition) is 3. The van der Waals surface area contributed by atoms with Crippen LogP contribution in [0.25, 0.3) is 0 Å². The molecule has 1 N–H and O–H groups in total. The van der Waals surface area contributed by atoms with E-state index in [-0.39, 0.29) is 10.6 Å². The van der Waals surface area contributed by atoms with Gasteiger partial charge in [0.1, 0.15) is 5.69 Å². The normalized spacial score (nSPS) is 16.1. The molecule has 1 aliphatic rings. The first-order valence-electron chi connectivity index (χ1n) is 6.16.